The normalized spacial score (nSPS) is 27.8. The number of carboxylic acids is 1. The van der Waals surface area contributed by atoms with Gasteiger partial charge < -0.3 is 20.5 Å². The predicted molar refractivity (Wildman–Crippen MR) is 96.9 cm³/mol. The fourth-order valence-corrected chi connectivity index (χ4v) is 3.78. The Morgan fingerprint density at radius 2 is 1.96 bits per heavy atom. The van der Waals surface area contributed by atoms with E-state index >= 15 is 0 Å². The molecule has 2 fully saturated rings. The van der Waals surface area contributed by atoms with Crippen molar-refractivity contribution in [3.05, 3.63) is 35.9 Å². The van der Waals surface area contributed by atoms with E-state index in [4.69, 9.17) is 9.84 Å². The second-order valence-corrected chi connectivity index (χ2v) is 6.99. The van der Waals surface area contributed by atoms with Crippen LogP contribution in [0.25, 0.3) is 0 Å². The van der Waals surface area contributed by atoms with Gasteiger partial charge in [0.2, 0.25) is 0 Å². The molecular weight excluding hydrogens is 334 g/mol. The number of benzene rings is 1. The van der Waals surface area contributed by atoms with Gasteiger partial charge in [-0.2, -0.15) is 0 Å². The van der Waals surface area contributed by atoms with E-state index in [9.17, 15) is 9.59 Å². The molecule has 7 heteroatoms. The number of carbonyl (C=O) groups excluding carboxylic acids is 1. The van der Waals surface area contributed by atoms with Crippen molar-refractivity contribution in [3.63, 3.8) is 0 Å². The minimum atomic E-state index is -0.811. The maximum atomic E-state index is 12.3. The van der Waals surface area contributed by atoms with Crippen molar-refractivity contribution in [1.82, 2.24) is 15.5 Å². The van der Waals surface area contributed by atoms with Crippen molar-refractivity contribution >= 4 is 12.0 Å². The highest BCUT2D eigenvalue weighted by Gasteiger charge is 2.36. The number of aliphatic carboxylic acids is 1. The lowest BCUT2D eigenvalue weighted by molar-refractivity contribution is -0.139. The van der Waals surface area contributed by atoms with Crippen LogP contribution in [-0.4, -0.2) is 59.8 Å². The molecule has 2 atom stereocenters. The number of likely N-dealkylation sites (N-methyl/N-ethyl adjacent to an activating group) is 1. The summed E-state index contributed by atoms with van der Waals surface area (Å²) in [6.07, 6.45) is 2.26. The smallest absolute Gasteiger partial charge is 0.317 e. The molecule has 2 unspecified atom stereocenters. The van der Waals surface area contributed by atoms with Crippen molar-refractivity contribution < 1.29 is 19.4 Å². The Bertz CT molecular complexity index is 618. The van der Waals surface area contributed by atoms with E-state index < -0.39 is 5.97 Å². The van der Waals surface area contributed by atoms with Crippen molar-refractivity contribution in [3.8, 4) is 0 Å². The number of nitrogens with zero attached hydrogens (tertiary/aromatic N) is 1. The predicted octanol–water partition coefficient (Wildman–Crippen LogP) is 1.75. The first-order chi connectivity index (χ1) is 12.6. The van der Waals surface area contributed by atoms with Gasteiger partial charge in [-0.1, -0.05) is 37.3 Å². The quantitative estimate of drug-likeness (QED) is 0.688. The van der Waals surface area contributed by atoms with Crippen molar-refractivity contribution in [2.75, 3.05) is 19.7 Å². The second-order valence-electron chi connectivity index (χ2n) is 6.99. The molecule has 1 aliphatic carbocycles. The number of carbonyl (C=O) groups is 2. The van der Waals surface area contributed by atoms with Crippen molar-refractivity contribution in [2.24, 2.45) is 0 Å². The lowest BCUT2D eigenvalue weighted by Crippen LogP contribution is -2.57. The number of nitrogens with one attached hydrogen (secondary N) is 2. The van der Waals surface area contributed by atoms with E-state index in [0.717, 1.165) is 24.8 Å². The summed E-state index contributed by atoms with van der Waals surface area (Å²) in [6, 6.07) is 10.1. The molecule has 3 N–H and O–H groups in total. The number of amides is 2. The average molecular weight is 361 g/mol. The van der Waals surface area contributed by atoms with Crippen LogP contribution in [0.1, 0.15) is 37.9 Å². The molecule has 0 bridgehead atoms. The lowest BCUT2D eigenvalue weighted by atomic mass is 9.85. The second kappa shape index (κ2) is 8.51. The number of rotatable bonds is 7. The van der Waals surface area contributed by atoms with Crippen LogP contribution in [0.4, 0.5) is 4.79 Å². The van der Waals surface area contributed by atoms with E-state index in [0.29, 0.717) is 13.2 Å². The minimum absolute atomic E-state index is 0.0348. The Morgan fingerprint density at radius 1 is 1.23 bits per heavy atom. The first-order valence-corrected chi connectivity index (χ1v) is 9.26. The van der Waals surface area contributed by atoms with Gasteiger partial charge in [0.15, 0.2) is 0 Å². The summed E-state index contributed by atoms with van der Waals surface area (Å²) in [5.74, 6) is -0.811. The highest BCUT2D eigenvalue weighted by molar-refractivity contribution is 5.75. The summed E-state index contributed by atoms with van der Waals surface area (Å²) >= 11 is 0. The Morgan fingerprint density at radius 3 is 2.62 bits per heavy atom. The maximum absolute atomic E-state index is 12.3. The highest BCUT2D eigenvalue weighted by Crippen LogP contribution is 2.29. The molecule has 1 saturated heterocycles. The summed E-state index contributed by atoms with van der Waals surface area (Å²) in [7, 11) is 0. The molecule has 1 heterocycles. The number of urea groups is 1. The van der Waals surface area contributed by atoms with Crippen molar-refractivity contribution in [1.29, 1.82) is 0 Å². The molecule has 0 radical (unpaired) electrons. The van der Waals surface area contributed by atoms with Gasteiger partial charge in [0.1, 0.15) is 6.10 Å². The Kier molecular flexibility index (Phi) is 6.11. The zero-order valence-electron chi connectivity index (χ0n) is 15.1. The zero-order chi connectivity index (χ0) is 18.5. The van der Waals surface area contributed by atoms with Gasteiger partial charge in [0.25, 0.3) is 0 Å². The summed E-state index contributed by atoms with van der Waals surface area (Å²) in [6.45, 7) is 3.35. The van der Waals surface area contributed by atoms with E-state index in [1.54, 1.807) is 0 Å². The fourth-order valence-electron chi connectivity index (χ4n) is 3.78. The van der Waals surface area contributed by atoms with Gasteiger partial charge in [0, 0.05) is 18.7 Å². The molecule has 26 heavy (non-hydrogen) atoms. The summed E-state index contributed by atoms with van der Waals surface area (Å²) in [5, 5.41) is 15.0. The van der Waals surface area contributed by atoms with Crippen LogP contribution in [0.3, 0.4) is 0 Å². The standard InChI is InChI=1S/C19H27N3O4/c1-2-22(12-17(23)24)15-10-14(11-15)20-19(25)21-16-8-9-26-18(16)13-6-4-3-5-7-13/h3-7,14-16,18H,2,8-12H2,1H3,(H,23,24)(H2,20,21,25). The van der Waals surface area contributed by atoms with Crippen LogP contribution >= 0.6 is 0 Å². The molecule has 7 nitrogen and oxygen atoms in total. The molecule has 1 aliphatic heterocycles. The summed E-state index contributed by atoms with van der Waals surface area (Å²) in [5.41, 5.74) is 1.08. The number of ether oxygens (including phenoxy) is 1. The van der Waals surface area contributed by atoms with Gasteiger partial charge in [-0.05, 0) is 31.4 Å². The third-order valence-corrected chi connectivity index (χ3v) is 5.25. The van der Waals surface area contributed by atoms with Crippen molar-refractivity contribution in [2.45, 2.75) is 50.4 Å². The average Bonchev–Trinajstić information content (AvgIpc) is 3.04. The molecule has 0 spiro atoms. The Labute approximate surface area is 153 Å². The highest BCUT2D eigenvalue weighted by atomic mass is 16.5. The molecule has 1 aromatic rings. The monoisotopic (exact) mass is 361 g/mol. The molecule has 1 aromatic carbocycles. The van der Waals surface area contributed by atoms with Crippen LogP contribution in [0, 0.1) is 0 Å². The van der Waals surface area contributed by atoms with E-state index in [1.807, 2.05) is 42.2 Å². The van der Waals surface area contributed by atoms with E-state index in [2.05, 4.69) is 10.6 Å². The number of hydrogen-bond donors (Lipinski definition) is 3. The summed E-state index contributed by atoms with van der Waals surface area (Å²) in [4.78, 5) is 25.1. The van der Waals surface area contributed by atoms with Crippen LogP contribution in [0.15, 0.2) is 30.3 Å². The first-order valence-electron chi connectivity index (χ1n) is 9.26. The number of hydrogen-bond acceptors (Lipinski definition) is 4. The third-order valence-electron chi connectivity index (χ3n) is 5.25. The van der Waals surface area contributed by atoms with Gasteiger partial charge >= 0.3 is 12.0 Å². The molecule has 0 aromatic heterocycles. The van der Waals surface area contributed by atoms with E-state index in [-0.39, 0.29) is 36.8 Å². The molecule has 142 valence electrons. The van der Waals surface area contributed by atoms with Gasteiger partial charge in [-0.15, -0.1) is 0 Å². The Hall–Kier alpha value is -2.12. The molecule has 3 rings (SSSR count). The molecule has 1 saturated carbocycles. The third kappa shape index (κ3) is 4.53. The van der Waals surface area contributed by atoms with Gasteiger partial charge in [-0.3, -0.25) is 9.69 Å². The van der Waals surface area contributed by atoms with Crippen LogP contribution in [0.2, 0.25) is 0 Å². The maximum Gasteiger partial charge on any atom is 0.317 e. The Balaban J connectivity index is 1.44. The fraction of sp³-hybridized carbons (Fsp3) is 0.579. The lowest BCUT2D eigenvalue weighted by Gasteiger charge is -2.42. The molecule has 2 aliphatic rings. The number of carboxylic acid groups (broad SMARTS) is 1. The first kappa shape index (κ1) is 18.7. The largest absolute Gasteiger partial charge is 0.480 e. The topological polar surface area (TPSA) is 90.9 Å². The minimum Gasteiger partial charge on any atom is -0.480 e. The van der Waals surface area contributed by atoms with Gasteiger partial charge in [-0.25, -0.2) is 4.79 Å². The summed E-state index contributed by atoms with van der Waals surface area (Å²) < 4.78 is 5.79. The molecular formula is C19H27N3O4. The van der Waals surface area contributed by atoms with Gasteiger partial charge in [0.05, 0.1) is 12.6 Å². The van der Waals surface area contributed by atoms with Crippen LogP contribution in [0.5, 0.6) is 0 Å². The SMILES string of the molecule is CCN(CC(=O)O)C1CC(NC(=O)NC2CCOC2c2ccccc2)C1. The van der Waals surface area contributed by atoms with E-state index in [1.165, 1.54) is 0 Å². The molecule has 2 amide bonds. The van der Waals surface area contributed by atoms with Crippen LogP contribution in [-0.2, 0) is 9.53 Å². The van der Waals surface area contributed by atoms with Crippen LogP contribution < -0.4 is 10.6 Å². The zero-order valence-corrected chi connectivity index (χ0v) is 15.1.